The molecule has 0 saturated carbocycles. The first-order valence-electron chi connectivity index (χ1n) is 11.5. The summed E-state index contributed by atoms with van der Waals surface area (Å²) >= 11 is 0. The predicted octanol–water partition coefficient (Wildman–Crippen LogP) is 4.42. The van der Waals surface area contributed by atoms with E-state index < -0.39 is 20.0 Å². The number of fused-ring (bicyclic) bond motifs is 1. The molecular formula is C26H31ClN4O4S2. The smallest absolute Gasteiger partial charge is 0.229 e. The number of rotatable bonds is 8. The molecule has 0 spiro atoms. The van der Waals surface area contributed by atoms with Crippen LogP contribution in [0.3, 0.4) is 0 Å². The van der Waals surface area contributed by atoms with E-state index in [0.29, 0.717) is 17.8 Å². The first kappa shape index (κ1) is 28.5. The maximum atomic E-state index is 11.6. The Hall–Kier alpha value is -3.08. The molecule has 1 aliphatic heterocycles. The van der Waals surface area contributed by atoms with Gasteiger partial charge >= 0.3 is 0 Å². The highest BCUT2D eigenvalue weighted by molar-refractivity contribution is 7.92. The highest BCUT2D eigenvalue weighted by Gasteiger charge is 2.23. The molecule has 1 atom stereocenters. The van der Waals surface area contributed by atoms with Crippen LogP contribution in [0, 0.1) is 0 Å². The fourth-order valence-electron chi connectivity index (χ4n) is 4.28. The molecule has 0 bridgehead atoms. The van der Waals surface area contributed by atoms with Crippen molar-refractivity contribution in [2.75, 3.05) is 29.0 Å². The molecule has 11 heteroatoms. The van der Waals surface area contributed by atoms with Crippen molar-refractivity contribution in [2.45, 2.75) is 25.4 Å². The van der Waals surface area contributed by atoms with Crippen LogP contribution in [-0.2, 0) is 33.0 Å². The largest absolute Gasteiger partial charge is 0.359 e. The van der Waals surface area contributed by atoms with Crippen molar-refractivity contribution < 1.29 is 16.8 Å². The third-order valence-corrected chi connectivity index (χ3v) is 7.11. The van der Waals surface area contributed by atoms with Crippen molar-refractivity contribution in [3.05, 3.63) is 95.1 Å². The summed E-state index contributed by atoms with van der Waals surface area (Å²) in [4.78, 5) is 7.33. The van der Waals surface area contributed by atoms with E-state index in [0.717, 1.165) is 48.0 Å². The minimum absolute atomic E-state index is 0. The van der Waals surface area contributed by atoms with Gasteiger partial charge in [0, 0.05) is 31.4 Å². The van der Waals surface area contributed by atoms with E-state index in [4.69, 9.17) is 4.99 Å². The number of hydrogen-bond acceptors (Lipinski definition) is 6. The van der Waals surface area contributed by atoms with Gasteiger partial charge in [-0.25, -0.2) is 16.8 Å². The zero-order valence-electron chi connectivity index (χ0n) is 20.9. The van der Waals surface area contributed by atoms with Crippen LogP contribution in [0.2, 0.25) is 0 Å². The van der Waals surface area contributed by atoms with E-state index in [1.807, 2.05) is 43.4 Å². The Labute approximate surface area is 225 Å². The normalized spacial score (nSPS) is 15.6. The maximum Gasteiger partial charge on any atom is 0.229 e. The van der Waals surface area contributed by atoms with Gasteiger partial charge in [0.25, 0.3) is 0 Å². The van der Waals surface area contributed by atoms with Gasteiger partial charge in [0.2, 0.25) is 20.0 Å². The second-order valence-corrected chi connectivity index (χ2v) is 12.6. The Bertz CT molecular complexity index is 1470. The summed E-state index contributed by atoms with van der Waals surface area (Å²) < 4.78 is 51.0. The van der Waals surface area contributed by atoms with Crippen LogP contribution in [-0.4, -0.2) is 47.1 Å². The summed E-state index contributed by atoms with van der Waals surface area (Å²) in [6, 6.07) is 22.7. The Morgan fingerprint density at radius 1 is 0.811 bits per heavy atom. The van der Waals surface area contributed by atoms with Crippen molar-refractivity contribution >= 4 is 49.7 Å². The third kappa shape index (κ3) is 7.95. The van der Waals surface area contributed by atoms with Gasteiger partial charge in [-0.3, -0.25) is 14.4 Å². The summed E-state index contributed by atoms with van der Waals surface area (Å²) in [5, 5.41) is 0. The number of sulfonamides is 2. The molecular weight excluding hydrogens is 532 g/mol. The van der Waals surface area contributed by atoms with Crippen molar-refractivity contribution in [3.8, 4) is 0 Å². The van der Waals surface area contributed by atoms with Crippen LogP contribution in [0.25, 0.3) is 0 Å². The van der Waals surface area contributed by atoms with Gasteiger partial charge in [-0.05, 0) is 52.9 Å². The number of aliphatic imine (C=N–C) groups is 1. The number of amidine groups is 1. The van der Waals surface area contributed by atoms with Gasteiger partial charge < -0.3 is 4.90 Å². The van der Waals surface area contributed by atoms with E-state index in [2.05, 4.69) is 26.5 Å². The van der Waals surface area contributed by atoms with E-state index in [1.54, 1.807) is 24.3 Å². The summed E-state index contributed by atoms with van der Waals surface area (Å²) in [6.07, 6.45) is 3.73. The lowest BCUT2D eigenvalue weighted by molar-refractivity contribution is 0.490. The van der Waals surface area contributed by atoms with E-state index >= 15 is 0 Å². The quantitative estimate of drug-likeness (QED) is 0.422. The number of aryl methyl sites for hydroxylation is 1. The van der Waals surface area contributed by atoms with Crippen LogP contribution < -0.4 is 9.44 Å². The molecule has 0 aromatic heterocycles. The van der Waals surface area contributed by atoms with E-state index in [9.17, 15) is 16.8 Å². The number of halogens is 1. The second-order valence-electron chi connectivity index (χ2n) is 9.07. The monoisotopic (exact) mass is 562 g/mol. The molecule has 0 aliphatic carbocycles. The molecule has 3 aromatic rings. The van der Waals surface area contributed by atoms with Gasteiger partial charge in [0.05, 0.1) is 12.5 Å². The van der Waals surface area contributed by atoms with E-state index in [1.165, 1.54) is 5.56 Å². The van der Waals surface area contributed by atoms with Gasteiger partial charge in [0.15, 0.2) is 0 Å². The summed E-state index contributed by atoms with van der Waals surface area (Å²) in [7, 11) is -4.62. The van der Waals surface area contributed by atoms with Gasteiger partial charge in [0.1, 0.15) is 11.9 Å². The fourth-order valence-corrected chi connectivity index (χ4v) is 5.40. The topological polar surface area (TPSA) is 108 Å². The lowest BCUT2D eigenvalue weighted by Gasteiger charge is -2.20. The number of anilines is 2. The number of nitrogens with one attached hydrogen (secondary N) is 2. The maximum absolute atomic E-state index is 11.6. The highest BCUT2D eigenvalue weighted by Crippen LogP contribution is 2.33. The standard InChI is InChI=1S/C26H30N4O4S2.ClH/c1-30-18-21-6-4-5-7-24(21)26(20-11-15-23(16-12-20)29-36(3,33)34)27-25(30)17-10-19-8-13-22(14-9-19)28-35(2,31)32;/h4-9,11-16,26,28-29H,10,17-18H2,1-3H3;1H. The third-order valence-electron chi connectivity index (χ3n) is 5.90. The van der Waals surface area contributed by atoms with Crippen LogP contribution >= 0.6 is 12.4 Å². The van der Waals surface area contributed by atoms with Crippen LogP contribution in [0.4, 0.5) is 11.4 Å². The van der Waals surface area contributed by atoms with Gasteiger partial charge in [-0.1, -0.05) is 48.5 Å². The molecule has 0 saturated heterocycles. The van der Waals surface area contributed by atoms with Gasteiger partial charge in [-0.2, -0.15) is 0 Å². The molecule has 1 aliphatic rings. The first-order valence-corrected chi connectivity index (χ1v) is 15.3. The average Bonchev–Trinajstić information content (AvgIpc) is 2.93. The fraction of sp³-hybridized carbons (Fsp3) is 0.269. The molecule has 198 valence electrons. The minimum Gasteiger partial charge on any atom is -0.359 e. The molecule has 8 nitrogen and oxygen atoms in total. The molecule has 4 rings (SSSR count). The van der Waals surface area contributed by atoms with E-state index in [-0.39, 0.29) is 18.4 Å². The second kappa shape index (κ2) is 11.5. The van der Waals surface area contributed by atoms with Crippen LogP contribution in [0.1, 0.15) is 34.7 Å². The summed E-state index contributed by atoms with van der Waals surface area (Å²) in [5.74, 6) is 0.966. The Kier molecular flexibility index (Phi) is 8.88. The Morgan fingerprint density at radius 2 is 1.35 bits per heavy atom. The predicted molar refractivity (Wildman–Crippen MR) is 153 cm³/mol. The molecule has 0 fully saturated rings. The zero-order chi connectivity index (χ0) is 25.9. The summed E-state index contributed by atoms with van der Waals surface area (Å²) in [6.45, 7) is 0.733. The van der Waals surface area contributed by atoms with Crippen molar-refractivity contribution in [2.24, 2.45) is 4.99 Å². The van der Waals surface area contributed by atoms with Crippen LogP contribution in [0.5, 0.6) is 0 Å². The van der Waals surface area contributed by atoms with Gasteiger partial charge in [-0.15, -0.1) is 12.4 Å². The minimum atomic E-state index is -3.35. The lowest BCUT2D eigenvalue weighted by Crippen LogP contribution is -2.26. The lowest BCUT2D eigenvalue weighted by atomic mass is 9.95. The molecule has 0 amide bonds. The first-order chi connectivity index (χ1) is 17.0. The average molecular weight is 563 g/mol. The summed E-state index contributed by atoms with van der Waals surface area (Å²) in [5.41, 5.74) is 5.43. The SMILES string of the molecule is CN1Cc2ccccc2C(c2ccc(NS(C)(=O)=O)cc2)N=C1CCc1ccc(NS(C)(=O)=O)cc1.Cl. The number of nitrogens with zero attached hydrogens (tertiary/aromatic N) is 2. The Balaban J connectivity index is 0.00000380. The number of benzene rings is 3. The van der Waals surface area contributed by atoms with Crippen LogP contribution in [0.15, 0.2) is 77.8 Å². The van der Waals surface area contributed by atoms with Crippen molar-refractivity contribution in [3.63, 3.8) is 0 Å². The Morgan fingerprint density at radius 3 is 1.92 bits per heavy atom. The molecule has 1 unspecified atom stereocenters. The molecule has 3 aromatic carbocycles. The molecule has 1 heterocycles. The zero-order valence-corrected chi connectivity index (χ0v) is 23.3. The molecule has 0 radical (unpaired) electrons. The van der Waals surface area contributed by atoms with Crippen molar-refractivity contribution in [1.29, 1.82) is 0 Å². The molecule has 2 N–H and O–H groups in total. The molecule has 37 heavy (non-hydrogen) atoms. The highest BCUT2D eigenvalue weighted by atomic mass is 35.5. The van der Waals surface area contributed by atoms with Crippen molar-refractivity contribution in [1.82, 2.24) is 4.90 Å². The number of hydrogen-bond donors (Lipinski definition) is 2.